The average Bonchev–Trinajstić information content (AvgIpc) is 2.58. The molecule has 1 amide bonds. The zero-order valence-corrected chi connectivity index (χ0v) is 12.1. The van der Waals surface area contributed by atoms with Crippen LogP contribution in [-0.4, -0.2) is 15.9 Å². The summed E-state index contributed by atoms with van der Waals surface area (Å²) in [4.78, 5) is 18.9. The number of carbonyl (C=O) groups is 1. The number of anilines is 2. The van der Waals surface area contributed by atoms with Crippen molar-refractivity contribution in [2.24, 2.45) is 5.73 Å². The van der Waals surface area contributed by atoms with Crippen LogP contribution in [0.15, 0.2) is 66.9 Å². The van der Waals surface area contributed by atoms with Gasteiger partial charge in [-0.3, -0.25) is 4.79 Å². The van der Waals surface area contributed by atoms with E-state index in [1.165, 1.54) is 6.20 Å². The predicted octanol–water partition coefficient (Wildman–Crippen LogP) is 3.11. The molecule has 3 aromatic rings. The molecule has 2 aromatic carbocycles. The molecule has 23 heavy (non-hydrogen) atoms. The van der Waals surface area contributed by atoms with Gasteiger partial charge in [0.05, 0.1) is 0 Å². The number of benzene rings is 2. The van der Waals surface area contributed by atoms with Crippen LogP contribution in [0.5, 0.6) is 11.5 Å². The number of rotatable bonds is 5. The molecular formula is C17H14N4O2. The van der Waals surface area contributed by atoms with Crippen molar-refractivity contribution >= 4 is 17.4 Å². The van der Waals surface area contributed by atoms with Crippen molar-refractivity contribution in [2.45, 2.75) is 0 Å². The molecule has 0 aliphatic rings. The first-order valence-corrected chi connectivity index (χ1v) is 6.93. The van der Waals surface area contributed by atoms with Crippen LogP contribution in [0.3, 0.4) is 0 Å². The van der Waals surface area contributed by atoms with Crippen molar-refractivity contribution in [1.29, 1.82) is 0 Å². The number of hydrogen-bond acceptors (Lipinski definition) is 5. The van der Waals surface area contributed by atoms with Gasteiger partial charge in [0.2, 0.25) is 5.82 Å². The smallest absolute Gasteiger partial charge is 0.286 e. The minimum absolute atomic E-state index is 0.0287. The van der Waals surface area contributed by atoms with E-state index >= 15 is 0 Å². The SMILES string of the molecule is NC(=O)c1nccc(Nc2ccc(Oc3ccccc3)cc2)n1. The predicted molar refractivity (Wildman–Crippen MR) is 86.8 cm³/mol. The first kappa shape index (κ1) is 14.5. The lowest BCUT2D eigenvalue weighted by Gasteiger charge is -2.08. The molecule has 0 saturated carbocycles. The van der Waals surface area contributed by atoms with Crippen molar-refractivity contribution in [3.8, 4) is 11.5 Å². The Kier molecular flexibility index (Phi) is 4.15. The quantitative estimate of drug-likeness (QED) is 0.756. The van der Waals surface area contributed by atoms with Gasteiger partial charge in [0.1, 0.15) is 17.3 Å². The first-order chi connectivity index (χ1) is 11.2. The highest BCUT2D eigenvalue weighted by Gasteiger charge is 2.05. The molecular weight excluding hydrogens is 292 g/mol. The Morgan fingerprint density at radius 2 is 1.65 bits per heavy atom. The standard InChI is InChI=1S/C17H14N4O2/c18-16(22)17-19-11-10-15(21-17)20-12-6-8-14(9-7-12)23-13-4-2-1-3-5-13/h1-11H,(H2,18,22)(H,19,20,21). The van der Waals surface area contributed by atoms with Gasteiger partial charge in [-0.25, -0.2) is 9.97 Å². The normalized spacial score (nSPS) is 10.1. The van der Waals surface area contributed by atoms with Crippen molar-refractivity contribution < 1.29 is 9.53 Å². The molecule has 0 radical (unpaired) electrons. The number of nitrogens with two attached hydrogens (primary N) is 1. The highest BCUT2D eigenvalue weighted by Crippen LogP contribution is 2.23. The minimum atomic E-state index is -0.666. The van der Waals surface area contributed by atoms with Crippen molar-refractivity contribution in [3.05, 3.63) is 72.7 Å². The van der Waals surface area contributed by atoms with E-state index in [2.05, 4.69) is 15.3 Å². The van der Waals surface area contributed by atoms with Gasteiger partial charge >= 0.3 is 0 Å². The van der Waals surface area contributed by atoms with E-state index in [-0.39, 0.29) is 5.82 Å². The molecule has 114 valence electrons. The summed E-state index contributed by atoms with van der Waals surface area (Å²) in [5, 5.41) is 3.08. The molecule has 6 nitrogen and oxygen atoms in total. The molecule has 0 fully saturated rings. The topological polar surface area (TPSA) is 90.1 Å². The lowest BCUT2D eigenvalue weighted by Crippen LogP contribution is -2.15. The lowest BCUT2D eigenvalue weighted by molar-refractivity contribution is 0.0990. The van der Waals surface area contributed by atoms with E-state index in [1.807, 2.05) is 54.6 Å². The Morgan fingerprint density at radius 3 is 2.35 bits per heavy atom. The zero-order valence-electron chi connectivity index (χ0n) is 12.1. The van der Waals surface area contributed by atoms with E-state index < -0.39 is 5.91 Å². The van der Waals surface area contributed by atoms with E-state index in [0.717, 1.165) is 17.2 Å². The number of ether oxygens (including phenoxy) is 1. The van der Waals surface area contributed by atoms with Crippen LogP contribution in [0.2, 0.25) is 0 Å². The van der Waals surface area contributed by atoms with Gasteiger partial charge in [-0.15, -0.1) is 0 Å². The molecule has 0 saturated heterocycles. The maximum absolute atomic E-state index is 11.1. The summed E-state index contributed by atoms with van der Waals surface area (Å²) in [6.45, 7) is 0. The fourth-order valence-corrected chi connectivity index (χ4v) is 1.93. The van der Waals surface area contributed by atoms with E-state index in [1.54, 1.807) is 6.07 Å². The van der Waals surface area contributed by atoms with Crippen LogP contribution >= 0.6 is 0 Å². The third kappa shape index (κ3) is 3.82. The molecule has 0 aliphatic carbocycles. The van der Waals surface area contributed by atoms with E-state index in [0.29, 0.717) is 5.82 Å². The Morgan fingerprint density at radius 1 is 0.957 bits per heavy atom. The van der Waals surface area contributed by atoms with E-state index in [4.69, 9.17) is 10.5 Å². The average molecular weight is 306 g/mol. The number of para-hydroxylation sites is 1. The number of nitrogens with zero attached hydrogens (tertiary/aromatic N) is 2. The summed E-state index contributed by atoms with van der Waals surface area (Å²) in [6, 6.07) is 18.6. The maximum atomic E-state index is 11.1. The Balaban J connectivity index is 1.70. The molecule has 0 atom stereocenters. The van der Waals surface area contributed by atoms with Crippen LogP contribution in [0.25, 0.3) is 0 Å². The second-order valence-corrected chi connectivity index (χ2v) is 4.69. The number of nitrogens with one attached hydrogen (secondary N) is 1. The third-order valence-electron chi connectivity index (χ3n) is 2.98. The molecule has 0 aliphatic heterocycles. The van der Waals surface area contributed by atoms with Gasteiger partial charge < -0.3 is 15.8 Å². The largest absolute Gasteiger partial charge is 0.457 e. The van der Waals surface area contributed by atoms with Crippen LogP contribution in [0.4, 0.5) is 11.5 Å². The van der Waals surface area contributed by atoms with Crippen LogP contribution in [-0.2, 0) is 0 Å². The van der Waals surface area contributed by atoms with Crippen molar-refractivity contribution in [2.75, 3.05) is 5.32 Å². The molecule has 3 rings (SSSR count). The minimum Gasteiger partial charge on any atom is -0.457 e. The molecule has 1 heterocycles. The van der Waals surface area contributed by atoms with E-state index in [9.17, 15) is 4.79 Å². The Labute approximate surface area is 133 Å². The highest BCUT2D eigenvalue weighted by molar-refractivity contribution is 5.89. The second-order valence-electron chi connectivity index (χ2n) is 4.69. The highest BCUT2D eigenvalue weighted by atomic mass is 16.5. The zero-order chi connectivity index (χ0) is 16.1. The van der Waals surface area contributed by atoms with Gasteiger partial charge in [0.15, 0.2) is 0 Å². The summed E-state index contributed by atoms with van der Waals surface area (Å²) < 4.78 is 5.72. The molecule has 0 unspecified atom stereocenters. The monoisotopic (exact) mass is 306 g/mol. The van der Waals surface area contributed by atoms with Crippen molar-refractivity contribution in [3.63, 3.8) is 0 Å². The maximum Gasteiger partial charge on any atom is 0.286 e. The summed E-state index contributed by atoms with van der Waals surface area (Å²) in [5.74, 6) is 1.29. The fourth-order valence-electron chi connectivity index (χ4n) is 1.93. The lowest BCUT2D eigenvalue weighted by atomic mass is 10.3. The summed E-state index contributed by atoms with van der Waals surface area (Å²) >= 11 is 0. The summed E-state index contributed by atoms with van der Waals surface area (Å²) in [5.41, 5.74) is 5.97. The molecule has 6 heteroatoms. The number of hydrogen-bond donors (Lipinski definition) is 2. The molecule has 0 spiro atoms. The number of aromatic nitrogens is 2. The van der Waals surface area contributed by atoms with Crippen LogP contribution in [0, 0.1) is 0 Å². The second kappa shape index (κ2) is 6.57. The third-order valence-corrected chi connectivity index (χ3v) is 2.98. The number of primary amides is 1. The van der Waals surface area contributed by atoms with Crippen molar-refractivity contribution in [1.82, 2.24) is 9.97 Å². The Hall–Kier alpha value is -3.41. The molecule has 0 bridgehead atoms. The molecule has 1 aromatic heterocycles. The number of amides is 1. The van der Waals surface area contributed by atoms with Gasteiger partial charge in [-0.1, -0.05) is 18.2 Å². The van der Waals surface area contributed by atoms with Gasteiger partial charge in [-0.05, 0) is 42.5 Å². The number of carbonyl (C=O) groups excluding carboxylic acids is 1. The first-order valence-electron chi connectivity index (χ1n) is 6.93. The van der Waals surface area contributed by atoms with Gasteiger partial charge in [0.25, 0.3) is 5.91 Å². The Bertz CT molecular complexity index is 804. The molecule has 3 N–H and O–H groups in total. The van der Waals surface area contributed by atoms with Crippen LogP contribution < -0.4 is 15.8 Å². The fraction of sp³-hybridized carbons (Fsp3) is 0. The summed E-state index contributed by atoms with van der Waals surface area (Å²) in [7, 11) is 0. The summed E-state index contributed by atoms with van der Waals surface area (Å²) in [6.07, 6.45) is 1.47. The van der Waals surface area contributed by atoms with Gasteiger partial charge in [0, 0.05) is 11.9 Å². The van der Waals surface area contributed by atoms with Crippen LogP contribution in [0.1, 0.15) is 10.6 Å². The van der Waals surface area contributed by atoms with Gasteiger partial charge in [-0.2, -0.15) is 0 Å².